The third-order valence-corrected chi connectivity index (χ3v) is 7.64. The number of rotatable bonds is 3. The van der Waals surface area contributed by atoms with Gasteiger partial charge in [0.2, 0.25) is 8.32 Å². The minimum Gasteiger partial charge on any atom is -0.471 e. The van der Waals surface area contributed by atoms with Crippen LogP contribution >= 0.6 is 0 Å². The maximum atomic E-state index is 6.15. The summed E-state index contributed by atoms with van der Waals surface area (Å²) in [6, 6.07) is 3.95. The second-order valence-corrected chi connectivity index (χ2v) is 13.3. The van der Waals surface area contributed by atoms with Gasteiger partial charge in [-0.15, -0.1) is 0 Å². The molecule has 0 bridgehead atoms. The van der Waals surface area contributed by atoms with Gasteiger partial charge in [0, 0.05) is 0 Å². The van der Waals surface area contributed by atoms with Gasteiger partial charge < -0.3 is 8.53 Å². The molecule has 0 aliphatic carbocycles. The fraction of sp³-hybridized carbons (Fsp3) is 0.556. The van der Waals surface area contributed by atoms with E-state index in [1.165, 1.54) is 0 Å². The van der Waals surface area contributed by atoms with Crippen molar-refractivity contribution in [1.82, 2.24) is 0 Å². The van der Waals surface area contributed by atoms with Crippen LogP contribution in [0.2, 0.25) is 32.7 Å². The maximum absolute atomic E-state index is 6.15. The van der Waals surface area contributed by atoms with Crippen molar-refractivity contribution >= 4 is 22.0 Å². The molecule has 1 aromatic heterocycles. The first-order valence-corrected chi connectivity index (χ1v) is 10.9. The first-order valence-electron chi connectivity index (χ1n) is 4.55. The molecule has 1 heterocycles. The summed E-state index contributed by atoms with van der Waals surface area (Å²) in [6.07, 6.45) is 1.72. The van der Waals surface area contributed by atoms with E-state index in [-0.39, 0.29) is 0 Å². The van der Waals surface area contributed by atoms with E-state index >= 15 is 0 Å². The second-order valence-electron chi connectivity index (χ2n) is 4.70. The molecule has 0 radical (unpaired) electrons. The number of hydrogen-bond donors (Lipinski definition) is 0. The van der Waals surface area contributed by atoms with Gasteiger partial charge in [-0.05, 0) is 44.9 Å². The molecule has 4 heteroatoms. The Morgan fingerprint density at radius 2 is 1.77 bits per heavy atom. The Labute approximate surface area is 82.2 Å². The topological polar surface area (TPSA) is 22.4 Å². The highest BCUT2D eigenvalue weighted by atomic mass is 28.4. The Hall–Kier alpha value is -0.326. The van der Waals surface area contributed by atoms with Crippen molar-refractivity contribution in [3.63, 3.8) is 0 Å². The van der Waals surface area contributed by atoms with E-state index in [2.05, 4.69) is 32.7 Å². The second kappa shape index (κ2) is 3.44. The lowest BCUT2D eigenvalue weighted by Crippen LogP contribution is -2.50. The summed E-state index contributed by atoms with van der Waals surface area (Å²) in [5.41, 5.74) is 0. The molecule has 0 amide bonds. The Kier molecular flexibility index (Phi) is 2.84. The highest BCUT2D eigenvalue weighted by molar-refractivity contribution is 6.91. The number of furan rings is 1. The van der Waals surface area contributed by atoms with Gasteiger partial charge >= 0.3 is 0 Å². The molecule has 74 valence electrons. The summed E-state index contributed by atoms with van der Waals surface area (Å²) in [5.74, 6) is 0. The lowest BCUT2D eigenvalue weighted by Gasteiger charge is -2.29. The average molecular weight is 214 g/mol. The van der Waals surface area contributed by atoms with Crippen LogP contribution in [-0.4, -0.2) is 16.6 Å². The minimum absolute atomic E-state index is 1.04. The van der Waals surface area contributed by atoms with Crippen LogP contribution < -0.4 is 5.38 Å². The molecule has 0 spiro atoms. The normalized spacial score (nSPS) is 13.3. The van der Waals surface area contributed by atoms with Gasteiger partial charge in [0.25, 0.3) is 0 Å². The average Bonchev–Trinajstić information content (AvgIpc) is 2.29. The smallest absolute Gasteiger partial charge is 0.247 e. The van der Waals surface area contributed by atoms with Crippen molar-refractivity contribution in [3.05, 3.63) is 18.4 Å². The molecule has 0 saturated carbocycles. The third-order valence-electron chi connectivity index (χ3n) is 1.68. The van der Waals surface area contributed by atoms with Crippen LogP contribution in [0.25, 0.3) is 0 Å². The Balaban J connectivity index is 2.78. The molecule has 2 nitrogen and oxygen atoms in total. The highest BCUT2D eigenvalue weighted by Gasteiger charge is 2.33. The lowest BCUT2D eigenvalue weighted by atomic mass is 10.7. The fourth-order valence-electron chi connectivity index (χ4n) is 1.44. The fourth-order valence-corrected chi connectivity index (χ4v) is 8.81. The Morgan fingerprint density at radius 1 is 1.15 bits per heavy atom. The third kappa shape index (κ3) is 3.13. The Morgan fingerprint density at radius 3 is 2.15 bits per heavy atom. The molecule has 13 heavy (non-hydrogen) atoms. The van der Waals surface area contributed by atoms with E-state index in [9.17, 15) is 0 Å². The van der Waals surface area contributed by atoms with Crippen LogP contribution in [-0.2, 0) is 4.12 Å². The Bertz CT molecular complexity index is 260. The van der Waals surface area contributed by atoms with E-state index in [0.29, 0.717) is 0 Å². The van der Waals surface area contributed by atoms with E-state index in [1.807, 2.05) is 12.1 Å². The van der Waals surface area contributed by atoms with Crippen LogP contribution in [0, 0.1) is 0 Å². The predicted octanol–water partition coefficient (Wildman–Crippen LogP) is 2.54. The zero-order valence-corrected chi connectivity index (χ0v) is 11.0. The first kappa shape index (κ1) is 10.8. The van der Waals surface area contributed by atoms with Crippen LogP contribution in [0.3, 0.4) is 0 Å². The molecule has 0 N–H and O–H groups in total. The largest absolute Gasteiger partial charge is 0.471 e. The van der Waals surface area contributed by atoms with Gasteiger partial charge in [-0.2, -0.15) is 0 Å². The van der Waals surface area contributed by atoms with Crippen molar-refractivity contribution in [2.45, 2.75) is 32.7 Å². The summed E-state index contributed by atoms with van der Waals surface area (Å²) >= 11 is 0. The van der Waals surface area contributed by atoms with E-state index in [1.54, 1.807) is 6.26 Å². The predicted molar refractivity (Wildman–Crippen MR) is 60.3 cm³/mol. The van der Waals surface area contributed by atoms with Crippen molar-refractivity contribution in [2.24, 2.45) is 0 Å². The molecule has 0 unspecified atom stereocenters. The first-order chi connectivity index (χ1) is 5.81. The van der Waals surface area contributed by atoms with Gasteiger partial charge in [0.1, 0.15) is 5.38 Å². The molecule has 0 aromatic carbocycles. The highest BCUT2D eigenvalue weighted by Crippen LogP contribution is 2.14. The van der Waals surface area contributed by atoms with Gasteiger partial charge in [0.05, 0.1) is 6.26 Å². The molecule has 0 fully saturated rings. The molecule has 1 aromatic rings. The van der Waals surface area contributed by atoms with Crippen LogP contribution in [0.15, 0.2) is 22.8 Å². The summed E-state index contributed by atoms with van der Waals surface area (Å²) in [4.78, 5) is 0. The van der Waals surface area contributed by atoms with Crippen molar-refractivity contribution in [1.29, 1.82) is 0 Å². The van der Waals surface area contributed by atoms with Gasteiger partial charge in [-0.25, -0.2) is 0 Å². The van der Waals surface area contributed by atoms with Crippen molar-refractivity contribution < 1.29 is 8.53 Å². The van der Waals surface area contributed by atoms with Crippen molar-refractivity contribution in [3.8, 4) is 0 Å². The molecule has 0 atom stereocenters. The van der Waals surface area contributed by atoms with E-state index in [0.717, 1.165) is 5.38 Å². The van der Waals surface area contributed by atoms with Gasteiger partial charge in [0.15, 0.2) is 8.32 Å². The summed E-state index contributed by atoms with van der Waals surface area (Å²) in [5, 5.41) is 1.04. The molecule has 1 rings (SSSR count). The molecular formula is C9H18O2Si2. The summed E-state index contributed by atoms with van der Waals surface area (Å²) in [7, 11) is -3.21. The number of hydrogen-bond acceptors (Lipinski definition) is 2. The van der Waals surface area contributed by atoms with E-state index < -0.39 is 16.6 Å². The van der Waals surface area contributed by atoms with Crippen LogP contribution in [0.5, 0.6) is 0 Å². The lowest BCUT2D eigenvalue weighted by molar-refractivity contribution is 0.530. The maximum Gasteiger partial charge on any atom is 0.247 e. The monoisotopic (exact) mass is 214 g/mol. The molecule has 0 saturated heterocycles. The van der Waals surface area contributed by atoms with Gasteiger partial charge in [-0.1, -0.05) is 0 Å². The SMILES string of the molecule is C[Si](C)(C)O[Si](C)(C)c1ccco1. The van der Waals surface area contributed by atoms with Gasteiger partial charge in [-0.3, -0.25) is 0 Å². The summed E-state index contributed by atoms with van der Waals surface area (Å²) in [6.45, 7) is 11.0. The molecule has 0 aliphatic heterocycles. The minimum atomic E-state index is -1.77. The zero-order chi connectivity index (χ0) is 10.1. The molecular weight excluding hydrogens is 196 g/mol. The zero-order valence-electron chi connectivity index (χ0n) is 9.05. The summed E-state index contributed by atoms with van der Waals surface area (Å²) < 4.78 is 11.6. The van der Waals surface area contributed by atoms with Crippen molar-refractivity contribution in [2.75, 3.05) is 0 Å². The molecule has 0 aliphatic rings. The van der Waals surface area contributed by atoms with Crippen LogP contribution in [0.1, 0.15) is 0 Å². The standard InChI is InChI=1S/C9H18O2Si2/c1-12(2,3)11-13(4,5)9-7-6-8-10-9/h6-8H,1-5H3. The van der Waals surface area contributed by atoms with Crippen LogP contribution in [0.4, 0.5) is 0 Å². The van der Waals surface area contributed by atoms with E-state index in [4.69, 9.17) is 8.53 Å². The quantitative estimate of drug-likeness (QED) is 0.722.